The maximum Gasteiger partial charge on any atom is 0.142 e. The predicted molar refractivity (Wildman–Crippen MR) is 81.6 cm³/mol. The smallest absolute Gasteiger partial charge is 0.142 e. The summed E-state index contributed by atoms with van der Waals surface area (Å²) in [4.78, 5) is 10.7. The average molecular weight is 275 g/mol. The van der Waals surface area contributed by atoms with Crippen molar-refractivity contribution in [1.82, 2.24) is 15.3 Å². The molecule has 1 N–H and O–H groups in total. The van der Waals surface area contributed by atoms with Gasteiger partial charge in [0, 0.05) is 17.1 Å². The number of pyridine rings is 1. The normalized spacial score (nSPS) is 11.2. The number of rotatable bonds is 5. The van der Waals surface area contributed by atoms with Crippen LogP contribution in [0.15, 0.2) is 18.2 Å². The Kier molecular flexibility index (Phi) is 4.66. The van der Waals surface area contributed by atoms with Crippen molar-refractivity contribution in [2.45, 2.75) is 40.2 Å². The minimum absolute atomic E-state index is 0.448. The molecule has 0 saturated heterocycles. The van der Waals surface area contributed by atoms with E-state index in [1.807, 2.05) is 25.1 Å². The zero-order valence-corrected chi connectivity index (χ0v) is 12.8. The van der Waals surface area contributed by atoms with Crippen LogP contribution in [0.3, 0.4) is 0 Å². The van der Waals surface area contributed by atoms with E-state index in [-0.39, 0.29) is 0 Å². The highest BCUT2D eigenvalue weighted by molar-refractivity contribution is 7.15. The summed E-state index contributed by atoms with van der Waals surface area (Å²) in [6.45, 7) is 10.4. The molecule has 19 heavy (non-hydrogen) atoms. The minimum Gasteiger partial charge on any atom is -0.312 e. The van der Waals surface area contributed by atoms with Crippen LogP contribution in [0.4, 0.5) is 0 Å². The molecule has 0 aromatic carbocycles. The zero-order chi connectivity index (χ0) is 13.8. The second-order valence-electron chi connectivity index (χ2n) is 4.93. The van der Waals surface area contributed by atoms with Crippen LogP contribution in [-0.2, 0) is 6.54 Å². The molecule has 0 aliphatic rings. The Bertz CT molecular complexity index is 546. The van der Waals surface area contributed by atoms with E-state index in [1.165, 1.54) is 10.6 Å². The van der Waals surface area contributed by atoms with Gasteiger partial charge in [0.05, 0.1) is 11.4 Å². The molecule has 0 aliphatic carbocycles. The fourth-order valence-corrected chi connectivity index (χ4v) is 3.11. The van der Waals surface area contributed by atoms with Crippen molar-refractivity contribution in [1.29, 1.82) is 0 Å². The summed E-state index contributed by atoms with van der Waals surface area (Å²) >= 11 is 1.75. The summed E-state index contributed by atoms with van der Waals surface area (Å²) < 4.78 is 0. The quantitative estimate of drug-likeness (QED) is 0.903. The SMILES string of the molecule is CCNCc1sc(-c2cccc(C)n2)nc1C(C)C. The summed E-state index contributed by atoms with van der Waals surface area (Å²) in [6.07, 6.45) is 0. The van der Waals surface area contributed by atoms with Crippen molar-refractivity contribution in [3.8, 4) is 10.7 Å². The van der Waals surface area contributed by atoms with E-state index in [0.29, 0.717) is 5.92 Å². The zero-order valence-electron chi connectivity index (χ0n) is 12.0. The summed E-state index contributed by atoms with van der Waals surface area (Å²) in [5.41, 5.74) is 3.21. The summed E-state index contributed by atoms with van der Waals surface area (Å²) in [5.74, 6) is 0.448. The lowest BCUT2D eigenvalue weighted by Crippen LogP contribution is -2.12. The molecular formula is C15H21N3S. The molecule has 0 unspecified atom stereocenters. The lowest BCUT2D eigenvalue weighted by molar-refractivity contribution is 0.714. The van der Waals surface area contributed by atoms with Crippen LogP contribution in [0.5, 0.6) is 0 Å². The van der Waals surface area contributed by atoms with Gasteiger partial charge in [-0.2, -0.15) is 0 Å². The third-order valence-electron chi connectivity index (χ3n) is 2.92. The third kappa shape index (κ3) is 3.39. The molecule has 0 amide bonds. The number of nitrogens with zero attached hydrogens (tertiary/aromatic N) is 2. The lowest BCUT2D eigenvalue weighted by atomic mass is 10.1. The second-order valence-corrected chi connectivity index (χ2v) is 6.01. The molecule has 0 atom stereocenters. The maximum atomic E-state index is 4.79. The molecule has 2 heterocycles. The van der Waals surface area contributed by atoms with Crippen LogP contribution < -0.4 is 5.32 Å². The van der Waals surface area contributed by atoms with E-state index in [9.17, 15) is 0 Å². The maximum absolute atomic E-state index is 4.79. The summed E-state index contributed by atoms with van der Waals surface area (Å²) in [7, 11) is 0. The van der Waals surface area contributed by atoms with E-state index < -0.39 is 0 Å². The van der Waals surface area contributed by atoms with Crippen LogP contribution >= 0.6 is 11.3 Å². The van der Waals surface area contributed by atoms with Gasteiger partial charge in [0.15, 0.2) is 0 Å². The van der Waals surface area contributed by atoms with Gasteiger partial charge in [0.2, 0.25) is 0 Å². The first-order valence-corrected chi connectivity index (χ1v) is 7.57. The fourth-order valence-electron chi connectivity index (χ4n) is 1.95. The van der Waals surface area contributed by atoms with E-state index in [4.69, 9.17) is 4.98 Å². The molecule has 0 radical (unpaired) electrons. The summed E-state index contributed by atoms with van der Waals surface area (Å²) in [5, 5.41) is 4.41. The van der Waals surface area contributed by atoms with Crippen LogP contribution in [0.25, 0.3) is 10.7 Å². The van der Waals surface area contributed by atoms with Crippen molar-refractivity contribution in [3.05, 3.63) is 34.5 Å². The topological polar surface area (TPSA) is 37.8 Å². The highest BCUT2D eigenvalue weighted by atomic mass is 32.1. The Hall–Kier alpha value is -1.26. The van der Waals surface area contributed by atoms with Gasteiger partial charge < -0.3 is 5.32 Å². The molecule has 2 aromatic rings. The molecule has 3 nitrogen and oxygen atoms in total. The Morgan fingerprint density at radius 1 is 1.26 bits per heavy atom. The van der Waals surface area contributed by atoms with Crippen molar-refractivity contribution in [2.75, 3.05) is 6.54 Å². The van der Waals surface area contributed by atoms with Crippen LogP contribution in [0.2, 0.25) is 0 Å². The number of hydrogen-bond donors (Lipinski definition) is 1. The number of nitrogens with one attached hydrogen (secondary N) is 1. The number of thiazole rings is 1. The number of aromatic nitrogens is 2. The molecule has 0 fully saturated rings. The van der Waals surface area contributed by atoms with Crippen molar-refractivity contribution in [2.24, 2.45) is 0 Å². The monoisotopic (exact) mass is 275 g/mol. The average Bonchev–Trinajstić information content (AvgIpc) is 2.80. The first-order chi connectivity index (χ1) is 9.11. The molecule has 2 rings (SSSR count). The van der Waals surface area contributed by atoms with Gasteiger partial charge >= 0.3 is 0 Å². The van der Waals surface area contributed by atoms with Gasteiger partial charge in [-0.05, 0) is 31.5 Å². The molecule has 2 aromatic heterocycles. The van der Waals surface area contributed by atoms with Gasteiger partial charge in [0.1, 0.15) is 5.01 Å². The summed E-state index contributed by atoms with van der Waals surface area (Å²) in [6, 6.07) is 6.09. The largest absolute Gasteiger partial charge is 0.312 e. The van der Waals surface area contributed by atoms with E-state index >= 15 is 0 Å². The molecule has 102 valence electrons. The Morgan fingerprint density at radius 3 is 2.68 bits per heavy atom. The molecule has 0 bridgehead atoms. The van der Waals surface area contributed by atoms with E-state index in [2.05, 4.69) is 31.1 Å². The number of hydrogen-bond acceptors (Lipinski definition) is 4. The standard InChI is InChI=1S/C15H21N3S/c1-5-16-9-13-14(10(2)3)18-15(19-13)12-8-6-7-11(4)17-12/h6-8,10,16H,5,9H2,1-4H3. The van der Waals surface area contributed by atoms with Gasteiger partial charge in [-0.1, -0.05) is 26.8 Å². The number of aryl methyl sites for hydroxylation is 1. The first kappa shape index (κ1) is 14.2. The van der Waals surface area contributed by atoms with Crippen LogP contribution in [0, 0.1) is 6.92 Å². The Morgan fingerprint density at radius 2 is 2.05 bits per heavy atom. The molecule has 4 heteroatoms. The van der Waals surface area contributed by atoms with Gasteiger partial charge in [-0.3, -0.25) is 4.98 Å². The van der Waals surface area contributed by atoms with Gasteiger partial charge in [-0.25, -0.2) is 4.98 Å². The van der Waals surface area contributed by atoms with E-state index in [0.717, 1.165) is 29.5 Å². The molecule has 0 aliphatic heterocycles. The highest BCUT2D eigenvalue weighted by Crippen LogP contribution is 2.30. The van der Waals surface area contributed by atoms with Crippen LogP contribution in [0.1, 0.15) is 43.0 Å². The predicted octanol–water partition coefficient (Wildman–Crippen LogP) is 3.75. The molecule has 0 spiro atoms. The van der Waals surface area contributed by atoms with Crippen LogP contribution in [-0.4, -0.2) is 16.5 Å². The second kappa shape index (κ2) is 6.26. The Labute approximate surface area is 119 Å². The van der Waals surface area contributed by atoms with Crippen molar-refractivity contribution in [3.63, 3.8) is 0 Å². The van der Waals surface area contributed by atoms with Gasteiger partial charge in [-0.15, -0.1) is 11.3 Å². The van der Waals surface area contributed by atoms with Crippen molar-refractivity contribution >= 4 is 11.3 Å². The Balaban J connectivity index is 2.36. The highest BCUT2D eigenvalue weighted by Gasteiger charge is 2.15. The first-order valence-electron chi connectivity index (χ1n) is 6.76. The van der Waals surface area contributed by atoms with E-state index in [1.54, 1.807) is 11.3 Å². The van der Waals surface area contributed by atoms with Gasteiger partial charge in [0.25, 0.3) is 0 Å². The minimum atomic E-state index is 0.448. The third-order valence-corrected chi connectivity index (χ3v) is 4.01. The lowest BCUT2D eigenvalue weighted by Gasteiger charge is -2.04. The molecule has 0 saturated carbocycles. The van der Waals surface area contributed by atoms with Crippen molar-refractivity contribution < 1.29 is 0 Å². The molecular weight excluding hydrogens is 254 g/mol. The fraction of sp³-hybridized carbons (Fsp3) is 0.467.